The van der Waals surface area contributed by atoms with Crippen molar-refractivity contribution in [3.63, 3.8) is 0 Å². The van der Waals surface area contributed by atoms with Gasteiger partial charge in [0.15, 0.2) is 0 Å². The highest BCUT2D eigenvalue weighted by Crippen LogP contribution is 2.40. The van der Waals surface area contributed by atoms with E-state index >= 15 is 0 Å². The molecule has 2 aromatic rings. The van der Waals surface area contributed by atoms with Gasteiger partial charge in [-0.3, -0.25) is 4.79 Å². The van der Waals surface area contributed by atoms with E-state index in [4.69, 9.17) is 4.98 Å². The Labute approximate surface area is 159 Å². The normalized spacial score (nSPS) is 23.0. The van der Waals surface area contributed by atoms with Crippen LogP contribution in [0.15, 0.2) is 35.5 Å². The Hall–Kier alpha value is -1.82. The van der Waals surface area contributed by atoms with Crippen LogP contribution in [0, 0.1) is 5.92 Å². The second-order valence-corrected chi connectivity index (χ2v) is 8.44. The number of amides is 1. The van der Waals surface area contributed by atoms with E-state index in [1.165, 1.54) is 43.9 Å². The van der Waals surface area contributed by atoms with Gasteiger partial charge in [-0.05, 0) is 43.7 Å². The monoisotopic (exact) mass is 370 g/mol. The van der Waals surface area contributed by atoms with E-state index in [0.717, 1.165) is 17.9 Å². The molecule has 1 aromatic carbocycles. The van der Waals surface area contributed by atoms with Crippen LogP contribution in [0.1, 0.15) is 57.2 Å². The molecule has 2 aliphatic carbocycles. The number of benzene rings is 1. The van der Waals surface area contributed by atoms with Gasteiger partial charge >= 0.3 is 0 Å². The number of carbonyl (C=O) groups is 1. The molecule has 26 heavy (non-hydrogen) atoms. The number of thioether (sulfide) groups is 1. The molecule has 0 aliphatic heterocycles. The van der Waals surface area contributed by atoms with Gasteiger partial charge in [0.25, 0.3) is 0 Å². The van der Waals surface area contributed by atoms with Gasteiger partial charge in [0.1, 0.15) is 5.82 Å². The van der Waals surface area contributed by atoms with Crippen molar-refractivity contribution in [3.05, 3.63) is 36.2 Å². The van der Waals surface area contributed by atoms with Crippen LogP contribution < -0.4 is 5.32 Å². The molecule has 0 radical (unpaired) electrons. The van der Waals surface area contributed by atoms with E-state index in [1.807, 2.05) is 35.0 Å². The van der Waals surface area contributed by atoms with E-state index in [1.54, 1.807) is 0 Å². The van der Waals surface area contributed by atoms with Gasteiger partial charge in [-0.15, -0.1) is 5.10 Å². The van der Waals surface area contributed by atoms with Gasteiger partial charge in [0.2, 0.25) is 11.1 Å². The molecular formula is C20H26N4OS. The van der Waals surface area contributed by atoms with Crippen molar-refractivity contribution in [2.45, 2.75) is 62.6 Å². The topological polar surface area (TPSA) is 59.8 Å². The molecule has 2 aliphatic rings. The molecule has 1 heterocycles. The Morgan fingerprint density at radius 2 is 1.96 bits per heavy atom. The molecule has 0 spiro atoms. The SMILES string of the molecule is CC1CCCCC1NC(=O)CSc1nc(C2CC2)n(-c2ccccc2)n1. The van der Waals surface area contributed by atoms with E-state index in [9.17, 15) is 4.79 Å². The minimum atomic E-state index is 0.0952. The second-order valence-electron chi connectivity index (χ2n) is 7.50. The van der Waals surface area contributed by atoms with Gasteiger partial charge in [-0.2, -0.15) is 0 Å². The summed E-state index contributed by atoms with van der Waals surface area (Å²) in [6, 6.07) is 10.5. The minimum absolute atomic E-state index is 0.0952. The Morgan fingerprint density at radius 1 is 1.19 bits per heavy atom. The summed E-state index contributed by atoms with van der Waals surface area (Å²) in [4.78, 5) is 17.1. The zero-order chi connectivity index (χ0) is 17.9. The molecule has 6 heteroatoms. The molecule has 2 saturated carbocycles. The predicted octanol–water partition coefficient (Wildman–Crippen LogP) is 3.93. The highest BCUT2D eigenvalue weighted by molar-refractivity contribution is 7.99. The zero-order valence-electron chi connectivity index (χ0n) is 15.2. The summed E-state index contributed by atoms with van der Waals surface area (Å²) in [5, 5.41) is 8.57. The van der Waals surface area contributed by atoms with Crippen LogP contribution in [-0.2, 0) is 4.79 Å². The van der Waals surface area contributed by atoms with Crippen molar-refractivity contribution in [1.82, 2.24) is 20.1 Å². The highest BCUT2D eigenvalue weighted by atomic mass is 32.2. The van der Waals surface area contributed by atoms with E-state index < -0.39 is 0 Å². The van der Waals surface area contributed by atoms with Gasteiger partial charge in [0, 0.05) is 12.0 Å². The molecule has 1 N–H and O–H groups in total. The smallest absolute Gasteiger partial charge is 0.230 e. The van der Waals surface area contributed by atoms with E-state index in [-0.39, 0.29) is 5.91 Å². The van der Waals surface area contributed by atoms with Gasteiger partial charge < -0.3 is 5.32 Å². The molecule has 138 valence electrons. The molecule has 2 unspecified atom stereocenters. The first kappa shape index (κ1) is 17.6. The fraction of sp³-hybridized carbons (Fsp3) is 0.550. The maximum Gasteiger partial charge on any atom is 0.230 e. The number of nitrogens with one attached hydrogen (secondary N) is 1. The maximum atomic E-state index is 12.3. The lowest BCUT2D eigenvalue weighted by Gasteiger charge is -2.29. The first-order valence-electron chi connectivity index (χ1n) is 9.65. The number of aromatic nitrogens is 3. The quantitative estimate of drug-likeness (QED) is 0.783. The Bertz CT molecular complexity index is 756. The maximum absolute atomic E-state index is 12.3. The molecule has 1 aromatic heterocycles. The highest BCUT2D eigenvalue weighted by Gasteiger charge is 2.30. The van der Waals surface area contributed by atoms with Crippen LogP contribution in [0.4, 0.5) is 0 Å². The number of carbonyl (C=O) groups excluding carboxylic acids is 1. The van der Waals surface area contributed by atoms with Crippen molar-refractivity contribution >= 4 is 17.7 Å². The average Bonchev–Trinajstić information content (AvgIpc) is 3.42. The molecule has 0 saturated heterocycles. The molecule has 2 fully saturated rings. The fourth-order valence-electron chi connectivity index (χ4n) is 3.64. The number of rotatable bonds is 6. The Kier molecular flexibility index (Phi) is 5.29. The van der Waals surface area contributed by atoms with E-state index in [2.05, 4.69) is 17.3 Å². The first-order valence-corrected chi connectivity index (χ1v) is 10.6. The van der Waals surface area contributed by atoms with Crippen molar-refractivity contribution in [3.8, 4) is 5.69 Å². The summed E-state index contributed by atoms with van der Waals surface area (Å²) in [5.41, 5.74) is 1.04. The van der Waals surface area contributed by atoms with Crippen molar-refractivity contribution in [2.75, 3.05) is 5.75 Å². The van der Waals surface area contributed by atoms with Crippen LogP contribution in [0.3, 0.4) is 0 Å². The molecule has 1 amide bonds. The number of para-hydroxylation sites is 1. The summed E-state index contributed by atoms with van der Waals surface area (Å²) in [7, 11) is 0. The van der Waals surface area contributed by atoms with Gasteiger partial charge in [0.05, 0.1) is 11.4 Å². The summed E-state index contributed by atoms with van der Waals surface area (Å²) >= 11 is 1.44. The third-order valence-electron chi connectivity index (χ3n) is 5.35. The number of hydrogen-bond acceptors (Lipinski definition) is 4. The third kappa shape index (κ3) is 4.11. The van der Waals surface area contributed by atoms with Crippen LogP contribution in [-0.4, -0.2) is 32.5 Å². The van der Waals surface area contributed by atoms with Gasteiger partial charge in [-0.1, -0.05) is 49.7 Å². The van der Waals surface area contributed by atoms with Crippen LogP contribution in [0.2, 0.25) is 0 Å². The van der Waals surface area contributed by atoms with E-state index in [0.29, 0.717) is 28.8 Å². The lowest BCUT2D eigenvalue weighted by Crippen LogP contribution is -2.41. The summed E-state index contributed by atoms with van der Waals surface area (Å²) in [6.45, 7) is 2.24. The van der Waals surface area contributed by atoms with Crippen LogP contribution in [0.25, 0.3) is 5.69 Å². The summed E-state index contributed by atoms with van der Waals surface area (Å²) in [5.74, 6) is 2.59. The Balaban J connectivity index is 1.40. The standard InChI is InChI=1S/C20H26N4OS/c1-14-7-5-6-10-17(14)21-18(25)13-26-20-22-19(15-11-12-15)24(23-20)16-8-3-2-4-9-16/h2-4,8-9,14-15,17H,5-7,10-13H2,1H3,(H,21,25). The summed E-state index contributed by atoms with van der Waals surface area (Å²) < 4.78 is 1.95. The zero-order valence-corrected chi connectivity index (χ0v) is 16.0. The Morgan fingerprint density at radius 3 is 2.69 bits per heavy atom. The minimum Gasteiger partial charge on any atom is -0.352 e. The molecule has 2 atom stereocenters. The average molecular weight is 371 g/mol. The van der Waals surface area contributed by atoms with Crippen LogP contribution >= 0.6 is 11.8 Å². The predicted molar refractivity (Wildman–Crippen MR) is 104 cm³/mol. The van der Waals surface area contributed by atoms with Gasteiger partial charge in [-0.25, -0.2) is 9.67 Å². The summed E-state index contributed by atoms with van der Waals surface area (Å²) in [6.07, 6.45) is 7.17. The molecule has 4 rings (SSSR count). The first-order chi connectivity index (χ1) is 12.7. The molecule has 0 bridgehead atoms. The number of nitrogens with zero attached hydrogens (tertiary/aromatic N) is 3. The van der Waals surface area contributed by atoms with Crippen molar-refractivity contribution in [1.29, 1.82) is 0 Å². The fourth-order valence-corrected chi connectivity index (χ4v) is 4.28. The second kappa shape index (κ2) is 7.82. The lowest BCUT2D eigenvalue weighted by atomic mass is 9.86. The van der Waals surface area contributed by atoms with Crippen LogP contribution in [0.5, 0.6) is 0 Å². The third-order valence-corrected chi connectivity index (χ3v) is 6.18. The van der Waals surface area contributed by atoms with Crippen molar-refractivity contribution in [2.24, 2.45) is 5.92 Å². The number of hydrogen-bond donors (Lipinski definition) is 1. The van der Waals surface area contributed by atoms with Crippen molar-refractivity contribution < 1.29 is 4.79 Å². The molecule has 5 nitrogen and oxygen atoms in total. The lowest BCUT2D eigenvalue weighted by molar-refractivity contribution is -0.119. The molecular weight excluding hydrogens is 344 g/mol. The largest absolute Gasteiger partial charge is 0.352 e.